The number of para-hydroxylation sites is 1. The Morgan fingerprint density at radius 1 is 1.09 bits per heavy atom. The maximum atomic E-state index is 11.8. The quantitative estimate of drug-likeness (QED) is 0.767. The van der Waals surface area contributed by atoms with Crippen LogP contribution in [0, 0.1) is 6.92 Å². The second-order valence-corrected chi connectivity index (χ2v) is 4.90. The van der Waals surface area contributed by atoms with Gasteiger partial charge in [-0.05, 0) is 30.2 Å². The van der Waals surface area contributed by atoms with Crippen LogP contribution in [0.4, 0.5) is 5.69 Å². The smallest absolute Gasteiger partial charge is 0.239 e. The van der Waals surface area contributed by atoms with E-state index in [0.29, 0.717) is 0 Å². The molecule has 0 heterocycles. The molecule has 3 N–H and O–H groups in total. The topological polar surface area (TPSA) is 61.4 Å². The molecule has 0 saturated carbocycles. The van der Waals surface area contributed by atoms with Crippen molar-refractivity contribution in [3.05, 3.63) is 65.7 Å². The van der Waals surface area contributed by atoms with E-state index in [4.69, 9.17) is 0 Å². The molecule has 1 atom stereocenters. The van der Waals surface area contributed by atoms with Crippen LogP contribution in [-0.2, 0) is 4.79 Å². The van der Waals surface area contributed by atoms with Gasteiger partial charge in [0.05, 0.1) is 12.6 Å². The minimum Gasteiger partial charge on any atom is -0.387 e. The van der Waals surface area contributed by atoms with Crippen LogP contribution in [0.2, 0.25) is 0 Å². The Kier molecular flexibility index (Phi) is 7.43. The summed E-state index contributed by atoms with van der Waals surface area (Å²) >= 11 is 0. The summed E-state index contributed by atoms with van der Waals surface area (Å²) in [7, 11) is 0. The lowest BCUT2D eigenvalue weighted by molar-refractivity contribution is -0.119. The van der Waals surface area contributed by atoms with Gasteiger partial charge in [0.2, 0.25) is 5.91 Å². The summed E-state index contributed by atoms with van der Waals surface area (Å²) in [5.41, 5.74) is 2.75. The SMILES string of the molecule is Cc1ccccc1C(O)CNC(=O)CNc1ccccc1.Cl. The third-order valence-corrected chi connectivity index (χ3v) is 3.27. The summed E-state index contributed by atoms with van der Waals surface area (Å²) in [5.74, 6) is -0.147. The number of anilines is 1. The lowest BCUT2D eigenvalue weighted by Crippen LogP contribution is -2.33. The van der Waals surface area contributed by atoms with Crippen LogP contribution in [0.1, 0.15) is 17.2 Å². The maximum absolute atomic E-state index is 11.8. The highest BCUT2D eigenvalue weighted by atomic mass is 35.5. The number of aliphatic hydroxyl groups excluding tert-OH is 1. The molecular formula is C17H21ClN2O2. The number of nitrogens with one attached hydrogen (secondary N) is 2. The van der Waals surface area contributed by atoms with Crippen molar-refractivity contribution >= 4 is 24.0 Å². The average Bonchev–Trinajstić information content (AvgIpc) is 2.52. The first-order chi connectivity index (χ1) is 10.2. The zero-order chi connectivity index (χ0) is 15.1. The monoisotopic (exact) mass is 320 g/mol. The van der Waals surface area contributed by atoms with Crippen molar-refractivity contribution in [2.75, 3.05) is 18.4 Å². The van der Waals surface area contributed by atoms with Gasteiger partial charge in [-0.1, -0.05) is 42.5 Å². The number of aryl methyl sites for hydroxylation is 1. The van der Waals surface area contributed by atoms with Crippen LogP contribution >= 0.6 is 12.4 Å². The zero-order valence-electron chi connectivity index (χ0n) is 12.5. The normalized spacial score (nSPS) is 11.2. The Balaban J connectivity index is 0.00000242. The minimum absolute atomic E-state index is 0. The summed E-state index contributed by atoms with van der Waals surface area (Å²) in [5, 5.41) is 15.9. The van der Waals surface area contributed by atoms with Crippen LogP contribution in [0.3, 0.4) is 0 Å². The summed E-state index contributed by atoms with van der Waals surface area (Å²) < 4.78 is 0. The third-order valence-electron chi connectivity index (χ3n) is 3.27. The fraction of sp³-hybridized carbons (Fsp3) is 0.235. The lowest BCUT2D eigenvalue weighted by Gasteiger charge is -2.15. The number of hydrogen-bond donors (Lipinski definition) is 3. The molecule has 1 unspecified atom stereocenters. The molecule has 0 radical (unpaired) electrons. The second kappa shape index (κ2) is 9.07. The van der Waals surface area contributed by atoms with E-state index in [-0.39, 0.29) is 31.4 Å². The molecule has 2 rings (SSSR count). The van der Waals surface area contributed by atoms with E-state index >= 15 is 0 Å². The number of hydrogen-bond acceptors (Lipinski definition) is 3. The van der Waals surface area contributed by atoms with E-state index in [2.05, 4.69) is 10.6 Å². The molecule has 0 fully saturated rings. The Bertz CT molecular complexity index is 590. The van der Waals surface area contributed by atoms with Crippen molar-refractivity contribution in [2.45, 2.75) is 13.0 Å². The van der Waals surface area contributed by atoms with Gasteiger partial charge in [-0.15, -0.1) is 12.4 Å². The Morgan fingerprint density at radius 3 is 2.41 bits per heavy atom. The summed E-state index contributed by atoms with van der Waals surface area (Å²) in [6, 6.07) is 17.1. The number of rotatable bonds is 6. The lowest BCUT2D eigenvalue weighted by atomic mass is 10.0. The van der Waals surface area contributed by atoms with E-state index in [0.717, 1.165) is 16.8 Å². The van der Waals surface area contributed by atoms with E-state index in [1.807, 2.05) is 61.5 Å². The standard InChI is InChI=1S/C17H20N2O2.ClH/c1-13-7-5-6-10-15(13)16(20)11-19-17(21)12-18-14-8-3-2-4-9-14;/h2-10,16,18,20H,11-12H2,1H3,(H,19,21);1H. The average molecular weight is 321 g/mol. The summed E-state index contributed by atoms with van der Waals surface area (Å²) in [6.45, 7) is 2.34. The van der Waals surface area contributed by atoms with Gasteiger partial charge in [-0.25, -0.2) is 0 Å². The van der Waals surface area contributed by atoms with Crippen LogP contribution in [0.5, 0.6) is 0 Å². The van der Waals surface area contributed by atoms with Crippen LogP contribution in [0.15, 0.2) is 54.6 Å². The third kappa shape index (κ3) is 5.39. The van der Waals surface area contributed by atoms with Crippen LogP contribution in [-0.4, -0.2) is 24.1 Å². The van der Waals surface area contributed by atoms with E-state index in [1.54, 1.807) is 0 Å². The molecule has 0 aromatic heterocycles. The minimum atomic E-state index is -0.688. The van der Waals surface area contributed by atoms with Gasteiger partial charge in [0.25, 0.3) is 0 Å². The molecular weight excluding hydrogens is 300 g/mol. The van der Waals surface area contributed by atoms with E-state index in [1.165, 1.54) is 0 Å². The van der Waals surface area contributed by atoms with Gasteiger partial charge in [-0.3, -0.25) is 4.79 Å². The molecule has 0 aliphatic rings. The molecule has 0 bridgehead atoms. The van der Waals surface area contributed by atoms with Crippen molar-refractivity contribution in [1.29, 1.82) is 0 Å². The van der Waals surface area contributed by atoms with Gasteiger partial charge >= 0.3 is 0 Å². The number of aliphatic hydroxyl groups is 1. The molecule has 2 aromatic carbocycles. The first-order valence-electron chi connectivity index (χ1n) is 6.96. The highest BCUT2D eigenvalue weighted by molar-refractivity contribution is 5.85. The summed E-state index contributed by atoms with van der Waals surface area (Å²) in [4.78, 5) is 11.8. The first kappa shape index (κ1) is 18.0. The highest BCUT2D eigenvalue weighted by Crippen LogP contribution is 2.16. The predicted molar refractivity (Wildman–Crippen MR) is 91.3 cm³/mol. The highest BCUT2D eigenvalue weighted by Gasteiger charge is 2.11. The van der Waals surface area contributed by atoms with Crippen molar-refractivity contribution in [3.63, 3.8) is 0 Å². The molecule has 0 aliphatic heterocycles. The molecule has 0 spiro atoms. The largest absolute Gasteiger partial charge is 0.387 e. The van der Waals surface area contributed by atoms with E-state index in [9.17, 15) is 9.90 Å². The van der Waals surface area contributed by atoms with E-state index < -0.39 is 6.10 Å². The molecule has 2 aromatic rings. The first-order valence-corrected chi connectivity index (χ1v) is 6.96. The molecule has 5 heteroatoms. The Labute approximate surface area is 137 Å². The molecule has 0 aliphatic carbocycles. The molecule has 22 heavy (non-hydrogen) atoms. The van der Waals surface area contributed by atoms with Gasteiger partial charge in [0, 0.05) is 12.2 Å². The molecule has 4 nitrogen and oxygen atoms in total. The van der Waals surface area contributed by atoms with Crippen molar-refractivity contribution in [2.24, 2.45) is 0 Å². The maximum Gasteiger partial charge on any atom is 0.239 e. The number of amides is 1. The van der Waals surface area contributed by atoms with Gasteiger partial charge in [-0.2, -0.15) is 0 Å². The van der Waals surface area contributed by atoms with Crippen LogP contribution in [0.25, 0.3) is 0 Å². The summed E-state index contributed by atoms with van der Waals surface area (Å²) in [6.07, 6.45) is -0.688. The van der Waals surface area contributed by atoms with Crippen molar-refractivity contribution in [3.8, 4) is 0 Å². The van der Waals surface area contributed by atoms with Gasteiger partial charge in [0.1, 0.15) is 0 Å². The second-order valence-electron chi connectivity index (χ2n) is 4.90. The molecule has 0 saturated heterocycles. The van der Waals surface area contributed by atoms with Crippen molar-refractivity contribution < 1.29 is 9.90 Å². The van der Waals surface area contributed by atoms with Gasteiger partial charge in [0.15, 0.2) is 0 Å². The number of halogens is 1. The molecule has 1 amide bonds. The van der Waals surface area contributed by atoms with Crippen molar-refractivity contribution in [1.82, 2.24) is 5.32 Å². The van der Waals surface area contributed by atoms with Crippen LogP contribution < -0.4 is 10.6 Å². The predicted octanol–water partition coefficient (Wildman–Crippen LogP) is 2.68. The number of benzene rings is 2. The Morgan fingerprint density at radius 2 is 1.73 bits per heavy atom. The molecule has 118 valence electrons. The Hall–Kier alpha value is -2.04. The van der Waals surface area contributed by atoms with Gasteiger partial charge < -0.3 is 15.7 Å². The fourth-order valence-electron chi connectivity index (χ4n) is 2.08. The number of carbonyl (C=O) groups is 1. The number of carbonyl (C=O) groups excluding carboxylic acids is 1. The zero-order valence-corrected chi connectivity index (χ0v) is 13.3. The fourth-order valence-corrected chi connectivity index (χ4v) is 2.08.